The van der Waals surface area contributed by atoms with Gasteiger partial charge in [0.25, 0.3) is 0 Å². The highest BCUT2D eigenvalue weighted by Gasteiger charge is 2.47. The molecule has 1 aliphatic rings. The van der Waals surface area contributed by atoms with Gasteiger partial charge in [-0.15, -0.1) is 0 Å². The van der Waals surface area contributed by atoms with Crippen LogP contribution in [0, 0.1) is 5.92 Å². The van der Waals surface area contributed by atoms with Crippen molar-refractivity contribution in [3.05, 3.63) is 0 Å². The average molecular weight is 252 g/mol. The van der Waals surface area contributed by atoms with Crippen LogP contribution in [-0.2, 0) is 0 Å². The van der Waals surface area contributed by atoms with Crippen LogP contribution in [0.3, 0.4) is 0 Å². The number of rotatable bonds is 7. The van der Waals surface area contributed by atoms with Gasteiger partial charge in [-0.2, -0.15) is 13.2 Å². The lowest BCUT2D eigenvalue weighted by Gasteiger charge is -2.36. The summed E-state index contributed by atoms with van der Waals surface area (Å²) in [6.07, 6.45) is -1.01. The zero-order valence-electron chi connectivity index (χ0n) is 10.6. The molecule has 1 fully saturated rings. The molecule has 0 aromatic carbocycles. The van der Waals surface area contributed by atoms with Crippen LogP contribution in [0.4, 0.5) is 13.2 Å². The van der Waals surface area contributed by atoms with Gasteiger partial charge in [-0.1, -0.05) is 13.8 Å². The van der Waals surface area contributed by atoms with E-state index in [4.69, 9.17) is 5.73 Å². The third kappa shape index (κ3) is 4.47. The highest BCUT2D eigenvalue weighted by atomic mass is 19.4. The number of hydrogen-bond donors (Lipinski definition) is 1. The Morgan fingerprint density at radius 2 is 1.88 bits per heavy atom. The molecule has 1 rings (SSSR count). The molecule has 0 heterocycles. The SMILES string of the molecule is CCCN(CC1CC1)C(C(N)CC)C(F)(F)F. The fourth-order valence-electron chi connectivity index (χ4n) is 2.21. The maximum absolute atomic E-state index is 13.1. The van der Waals surface area contributed by atoms with E-state index in [1.165, 1.54) is 0 Å². The lowest BCUT2D eigenvalue weighted by molar-refractivity contribution is -0.190. The van der Waals surface area contributed by atoms with E-state index in [1.54, 1.807) is 11.8 Å². The van der Waals surface area contributed by atoms with Crippen molar-refractivity contribution >= 4 is 0 Å². The van der Waals surface area contributed by atoms with Gasteiger partial charge < -0.3 is 5.73 Å². The maximum atomic E-state index is 13.1. The van der Waals surface area contributed by atoms with Crippen molar-refractivity contribution in [3.8, 4) is 0 Å². The molecule has 0 aliphatic heterocycles. The van der Waals surface area contributed by atoms with E-state index >= 15 is 0 Å². The molecule has 0 spiro atoms. The molecule has 0 amide bonds. The molecule has 5 heteroatoms. The Bertz CT molecular complexity index is 226. The van der Waals surface area contributed by atoms with Crippen LogP contribution in [0.15, 0.2) is 0 Å². The van der Waals surface area contributed by atoms with E-state index in [0.29, 0.717) is 25.4 Å². The van der Waals surface area contributed by atoms with Crippen molar-refractivity contribution < 1.29 is 13.2 Å². The zero-order chi connectivity index (χ0) is 13.1. The van der Waals surface area contributed by atoms with E-state index in [-0.39, 0.29) is 0 Å². The smallest absolute Gasteiger partial charge is 0.326 e. The monoisotopic (exact) mass is 252 g/mol. The highest BCUT2D eigenvalue weighted by molar-refractivity contribution is 4.90. The Balaban J connectivity index is 2.74. The van der Waals surface area contributed by atoms with Crippen molar-refractivity contribution in [1.82, 2.24) is 4.90 Å². The van der Waals surface area contributed by atoms with Crippen LogP contribution in [0.1, 0.15) is 39.5 Å². The van der Waals surface area contributed by atoms with E-state index in [1.807, 2.05) is 6.92 Å². The van der Waals surface area contributed by atoms with Crippen LogP contribution in [-0.4, -0.2) is 36.2 Å². The number of nitrogens with zero attached hydrogens (tertiary/aromatic N) is 1. The number of halogens is 3. The third-order valence-electron chi connectivity index (χ3n) is 3.31. The summed E-state index contributed by atoms with van der Waals surface area (Å²) >= 11 is 0. The summed E-state index contributed by atoms with van der Waals surface area (Å²) in [5, 5.41) is 0. The molecule has 0 radical (unpaired) electrons. The van der Waals surface area contributed by atoms with Gasteiger partial charge >= 0.3 is 6.18 Å². The second kappa shape index (κ2) is 6.05. The second-order valence-corrected chi connectivity index (χ2v) is 5.00. The molecule has 1 aliphatic carbocycles. The largest absolute Gasteiger partial charge is 0.405 e. The van der Waals surface area contributed by atoms with E-state index in [9.17, 15) is 13.2 Å². The summed E-state index contributed by atoms with van der Waals surface area (Å²) in [4.78, 5) is 1.55. The Hall–Kier alpha value is -0.290. The number of nitrogens with two attached hydrogens (primary N) is 1. The minimum atomic E-state index is -4.22. The predicted octanol–water partition coefficient (Wildman–Crippen LogP) is 2.78. The minimum Gasteiger partial charge on any atom is -0.326 e. The van der Waals surface area contributed by atoms with Gasteiger partial charge in [0.05, 0.1) is 0 Å². The van der Waals surface area contributed by atoms with Gasteiger partial charge in [-0.25, -0.2) is 0 Å². The van der Waals surface area contributed by atoms with Gasteiger partial charge in [-0.05, 0) is 38.1 Å². The second-order valence-electron chi connectivity index (χ2n) is 5.00. The first kappa shape index (κ1) is 14.8. The molecule has 2 N–H and O–H groups in total. The first-order chi connectivity index (χ1) is 7.90. The first-order valence-corrected chi connectivity index (χ1v) is 6.46. The van der Waals surface area contributed by atoms with Crippen LogP contribution in [0.2, 0.25) is 0 Å². The van der Waals surface area contributed by atoms with Gasteiger partial charge in [0.2, 0.25) is 0 Å². The Labute approximate surface area is 101 Å². The molecule has 0 bridgehead atoms. The van der Waals surface area contributed by atoms with Gasteiger partial charge in [0.15, 0.2) is 0 Å². The quantitative estimate of drug-likeness (QED) is 0.755. The van der Waals surface area contributed by atoms with Gasteiger partial charge in [-0.3, -0.25) is 4.90 Å². The topological polar surface area (TPSA) is 29.3 Å². The summed E-state index contributed by atoms with van der Waals surface area (Å²) < 4.78 is 39.2. The summed E-state index contributed by atoms with van der Waals surface area (Å²) in [6.45, 7) is 4.65. The number of alkyl halides is 3. The lowest BCUT2D eigenvalue weighted by atomic mass is 10.0. The molecule has 2 unspecified atom stereocenters. The van der Waals surface area contributed by atoms with Crippen LogP contribution < -0.4 is 5.73 Å². The third-order valence-corrected chi connectivity index (χ3v) is 3.31. The molecule has 17 heavy (non-hydrogen) atoms. The minimum absolute atomic E-state index is 0.356. The first-order valence-electron chi connectivity index (χ1n) is 6.46. The van der Waals surface area contributed by atoms with Gasteiger partial charge in [0.1, 0.15) is 6.04 Å². The predicted molar refractivity (Wildman–Crippen MR) is 62.7 cm³/mol. The summed E-state index contributed by atoms with van der Waals surface area (Å²) in [5.41, 5.74) is 5.67. The lowest BCUT2D eigenvalue weighted by Crippen LogP contribution is -2.56. The Morgan fingerprint density at radius 1 is 1.29 bits per heavy atom. The normalized spacial score (nSPS) is 20.6. The molecular formula is C12H23F3N2. The molecule has 2 atom stereocenters. The summed E-state index contributed by atoms with van der Waals surface area (Å²) in [7, 11) is 0. The highest BCUT2D eigenvalue weighted by Crippen LogP contribution is 2.34. The molecular weight excluding hydrogens is 229 g/mol. The molecule has 0 aromatic heterocycles. The van der Waals surface area contributed by atoms with Crippen molar-refractivity contribution in [2.24, 2.45) is 11.7 Å². The molecule has 0 aromatic rings. The fourth-order valence-corrected chi connectivity index (χ4v) is 2.21. The Morgan fingerprint density at radius 3 is 2.24 bits per heavy atom. The summed E-state index contributed by atoms with van der Waals surface area (Å²) in [5.74, 6) is 0.454. The molecule has 1 saturated carbocycles. The standard InChI is InChI=1S/C12H23F3N2/c1-3-7-17(8-9-5-6-9)11(10(16)4-2)12(13,14)15/h9-11H,3-8,16H2,1-2H3. The maximum Gasteiger partial charge on any atom is 0.405 e. The van der Waals surface area contributed by atoms with Crippen molar-refractivity contribution in [3.63, 3.8) is 0 Å². The summed E-state index contributed by atoms with van der Waals surface area (Å²) in [6, 6.07) is -2.30. The van der Waals surface area contributed by atoms with Crippen LogP contribution in [0.5, 0.6) is 0 Å². The zero-order valence-corrected chi connectivity index (χ0v) is 10.6. The molecule has 0 saturated heterocycles. The van der Waals surface area contributed by atoms with Crippen LogP contribution >= 0.6 is 0 Å². The Kier molecular flexibility index (Phi) is 5.25. The van der Waals surface area contributed by atoms with Crippen molar-refractivity contribution in [1.29, 1.82) is 0 Å². The number of hydrogen-bond acceptors (Lipinski definition) is 2. The van der Waals surface area contributed by atoms with Crippen molar-refractivity contribution in [2.75, 3.05) is 13.1 Å². The van der Waals surface area contributed by atoms with Gasteiger partial charge in [0, 0.05) is 12.6 Å². The van der Waals surface area contributed by atoms with E-state index < -0.39 is 18.3 Å². The average Bonchev–Trinajstić information content (AvgIpc) is 2.99. The molecule has 2 nitrogen and oxygen atoms in total. The van der Waals surface area contributed by atoms with Crippen LogP contribution in [0.25, 0.3) is 0 Å². The molecule has 102 valence electrons. The van der Waals surface area contributed by atoms with E-state index in [0.717, 1.165) is 19.3 Å². The van der Waals surface area contributed by atoms with E-state index in [2.05, 4.69) is 0 Å². The fraction of sp³-hybridized carbons (Fsp3) is 1.00. The van der Waals surface area contributed by atoms with Crippen molar-refractivity contribution in [2.45, 2.75) is 57.8 Å².